The van der Waals surface area contributed by atoms with Crippen molar-refractivity contribution in [1.82, 2.24) is 0 Å². The number of aryl methyl sites for hydroxylation is 2. The number of nitrogens with one attached hydrogen (secondary N) is 1. The van der Waals surface area contributed by atoms with Crippen molar-refractivity contribution in [2.45, 2.75) is 12.8 Å². The summed E-state index contributed by atoms with van der Waals surface area (Å²) < 4.78 is 0. The van der Waals surface area contributed by atoms with Crippen LogP contribution in [-0.4, -0.2) is 11.1 Å². The van der Waals surface area contributed by atoms with Crippen LogP contribution in [0.15, 0.2) is 103 Å². The molecular weight excluding hydrogens is 394 g/mol. The molecule has 4 aromatic carbocycles. The number of rotatable bonds is 8. The van der Waals surface area contributed by atoms with E-state index in [4.69, 9.17) is 0 Å². The van der Waals surface area contributed by atoms with Crippen LogP contribution in [0.25, 0.3) is 12.2 Å². The molecule has 0 fully saturated rings. The van der Waals surface area contributed by atoms with Gasteiger partial charge in [-0.25, -0.2) is 4.79 Å². The molecule has 3 heteroatoms. The number of carboxylic acids is 1. The van der Waals surface area contributed by atoms with Gasteiger partial charge in [-0.3, -0.25) is 0 Å². The molecule has 0 aliphatic rings. The number of hydrogen-bond donors (Lipinski definition) is 2. The lowest BCUT2D eigenvalue weighted by Gasteiger charge is -2.10. The number of para-hydroxylation sites is 1. The van der Waals surface area contributed by atoms with Gasteiger partial charge >= 0.3 is 5.97 Å². The normalized spacial score (nSPS) is 10.9. The summed E-state index contributed by atoms with van der Waals surface area (Å²) in [6.07, 6.45) is 6.18. The summed E-state index contributed by atoms with van der Waals surface area (Å²) in [4.78, 5) is 11.4. The highest BCUT2D eigenvalue weighted by molar-refractivity contribution is 5.95. The molecule has 0 saturated heterocycles. The van der Waals surface area contributed by atoms with Crippen LogP contribution < -0.4 is 5.32 Å². The van der Waals surface area contributed by atoms with Crippen molar-refractivity contribution in [2.24, 2.45) is 0 Å². The van der Waals surface area contributed by atoms with Gasteiger partial charge in [0.25, 0.3) is 0 Å². The second-order valence-corrected chi connectivity index (χ2v) is 7.66. The van der Waals surface area contributed by atoms with E-state index in [1.54, 1.807) is 18.2 Å². The molecular formula is C29H25NO2. The van der Waals surface area contributed by atoms with Crippen LogP contribution in [0, 0.1) is 0 Å². The zero-order valence-corrected chi connectivity index (χ0v) is 17.7. The molecule has 0 spiro atoms. The van der Waals surface area contributed by atoms with Crippen molar-refractivity contribution in [3.05, 3.63) is 131 Å². The number of aromatic carboxylic acids is 1. The van der Waals surface area contributed by atoms with E-state index in [1.807, 2.05) is 36.4 Å². The highest BCUT2D eigenvalue weighted by atomic mass is 16.4. The third kappa shape index (κ3) is 5.73. The lowest BCUT2D eigenvalue weighted by atomic mass is 10.0. The van der Waals surface area contributed by atoms with E-state index in [9.17, 15) is 9.90 Å². The maximum absolute atomic E-state index is 11.4. The van der Waals surface area contributed by atoms with Crippen molar-refractivity contribution < 1.29 is 9.90 Å². The minimum Gasteiger partial charge on any atom is -0.478 e. The molecule has 4 aromatic rings. The van der Waals surface area contributed by atoms with Crippen LogP contribution in [-0.2, 0) is 12.8 Å². The molecule has 2 N–H and O–H groups in total. The maximum atomic E-state index is 11.4. The van der Waals surface area contributed by atoms with Crippen LogP contribution >= 0.6 is 0 Å². The zero-order valence-electron chi connectivity index (χ0n) is 17.7. The van der Waals surface area contributed by atoms with E-state index in [2.05, 4.69) is 66.0 Å². The minimum absolute atomic E-state index is 0.263. The Morgan fingerprint density at radius 3 is 1.81 bits per heavy atom. The summed E-state index contributed by atoms with van der Waals surface area (Å²) >= 11 is 0. The smallest absolute Gasteiger partial charge is 0.337 e. The Hall–Kier alpha value is -4.11. The standard InChI is InChI=1S/C29H25NO2/c31-29(32)27-8-4-5-9-28(27)30-26-20-18-25(19-21-26)17-16-24-14-12-23(13-15-24)11-10-22-6-2-1-3-7-22/h1-15,18-21,30H,16-17H2,(H,31,32)/b11-10+. The summed E-state index contributed by atoms with van der Waals surface area (Å²) in [5, 5.41) is 12.5. The largest absolute Gasteiger partial charge is 0.478 e. The van der Waals surface area contributed by atoms with Gasteiger partial charge in [-0.15, -0.1) is 0 Å². The van der Waals surface area contributed by atoms with Gasteiger partial charge in [-0.1, -0.05) is 91.0 Å². The molecule has 158 valence electrons. The number of benzene rings is 4. The van der Waals surface area contributed by atoms with Gasteiger partial charge in [0.1, 0.15) is 0 Å². The predicted octanol–water partition coefficient (Wildman–Crippen LogP) is 7.08. The average molecular weight is 420 g/mol. The molecule has 4 rings (SSSR count). The van der Waals surface area contributed by atoms with E-state index in [0.29, 0.717) is 5.69 Å². The quantitative estimate of drug-likeness (QED) is 0.300. The fourth-order valence-electron chi connectivity index (χ4n) is 3.53. The van der Waals surface area contributed by atoms with Gasteiger partial charge in [0.2, 0.25) is 0 Å². The predicted molar refractivity (Wildman–Crippen MR) is 132 cm³/mol. The first-order chi connectivity index (χ1) is 15.7. The van der Waals surface area contributed by atoms with E-state index in [1.165, 1.54) is 22.3 Å². The van der Waals surface area contributed by atoms with Crippen LogP contribution in [0.4, 0.5) is 11.4 Å². The molecule has 0 aliphatic heterocycles. The summed E-state index contributed by atoms with van der Waals surface area (Å²) in [5.74, 6) is -0.939. The summed E-state index contributed by atoms with van der Waals surface area (Å²) in [6.45, 7) is 0. The summed E-state index contributed by atoms with van der Waals surface area (Å²) in [6, 6.07) is 34.1. The summed E-state index contributed by atoms with van der Waals surface area (Å²) in [7, 11) is 0. The maximum Gasteiger partial charge on any atom is 0.337 e. The fourth-order valence-corrected chi connectivity index (χ4v) is 3.53. The second kappa shape index (κ2) is 10.3. The van der Waals surface area contributed by atoms with Crippen molar-refractivity contribution >= 4 is 29.5 Å². The Kier molecular flexibility index (Phi) is 6.78. The Labute approximate surface area is 188 Å². The highest BCUT2D eigenvalue weighted by Gasteiger charge is 2.08. The van der Waals surface area contributed by atoms with Crippen molar-refractivity contribution in [3.63, 3.8) is 0 Å². The molecule has 3 nitrogen and oxygen atoms in total. The monoisotopic (exact) mass is 419 g/mol. The first-order valence-electron chi connectivity index (χ1n) is 10.7. The molecule has 0 radical (unpaired) electrons. The van der Waals surface area contributed by atoms with Crippen LogP contribution in [0.5, 0.6) is 0 Å². The Bertz CT molecular complexity index is 1190. The Morgan fingerprint density at radius 1 is 0.656 bits per heavy atom. The van der Waals surface area contributed by atoms with Crippen molar-refractivity contribution in [3.8, 4) is 0 Å². The van der Waals surface area contributed by atoms with Crippen molar-refractivity contribution in [1.29, 1.82) is 0 Å². The number of carboxylic acid groups (broad SMARTS) is 1. The molecule has 0 atom stereocenters. The number of anilines is 2. The third-order valence-corrected chi connectivity index (χ3v) is 5.34. The van der Waals surface area contributed by atoms with E-state index >= 15 is 0 Å². The number of hydrogen-bond acceptors (Lipinski definition) is 2. The molecule has 0 bridgehead atoms. The van der Waals surface area contributed by atoms with Crippen LogP contribution in [0.1, 0.15) is 32.6 Å². The molecule has 0 aliphatic carbocycles. The van der Waals surface area contributed by atoms with Gasteiger partial charge in [-0.05, 0) is 59.4 Å². The molecule has 0 amide bonds. The van der Waals surface area contributed by atoms with E-state index in [-0.39, 0.29) is 5.56 Å². The fraction of sp³-hybridized carbons (Fsp3) is 0.0690. The van der Waals surface area contributed by atoms with Crippen LogP contribution in [0.3, 0.4) is 0 Å². The van der Waals surface area contributed by atoms with E-state index in [0.717, 1.165) is 18.5 Å². The van der Waals surface area contributed by atoms with Crippen LogP contribution in [0.2, 0.25) is 0 Å². The van der Waals surface area contributed by atoms with Gasteiger partial charge < -0.3 is 10.4 Å². The number of carbonyl (C=O) groups is 1. The van der Waals surface area contributed by atoms with Crippen molar-refractivity contribution in [2.75, 3.05) is 5.32 Å². The summed E-state index contributed by atoms with van der Waals surface area (Å²) in [5.41, 5.74) is 6.66. The third-order valence-electron chi connectivity index (χ3n) is 5.34. The molecule has 0 saturated carbocycles. The Morgan fingerprint density at radius 2 is 1.19 bits per heavy atom. The SMILES string of the molecule is O=C(O)c1ccccc1Nc1ccc(CCc2ccc(/C=C/c3ccccc3)cc2)cc1. The topological polar surface area (TPSA) is 49.3 Å². The first-order valence-corrected chi connectivity index (χ1v) is 10.7. The molecule has 0 unspecified atom stereocenters. The zero-order chi connectivity index (χ0) is 22.2. The molecule has 0 heterocycles. The van der Waals surface area contributed by atoms with E-state index < -0.39 is 5.97 Å². The lowest BCUT2D eigenvalue weighted by molar-refractivity contribution is 0.0698. The minimum atomic E-state index is -0.939. The Balaban J connectivity index is 1.32. The highest BCUT2D eigenvalue weighted by Crippen LogP contribution is 2.22. The second-order valence-electron chi connectivity index (χ2n) is 7.66. The molecule has 32 heavy (non-hydrogen) atoms. The first kappa shape index (κ1) is 21.1. The lowest BCUT2D eigenvalue weighted by Crippen LogP contribution is -2.02. The van der Waals surface area contributed by atoms with Gasteiger partial charge in [0, 0.05) is 5.69 Å². The van der Waals surface area contributed by atoms with Gasteiger partial charge in [0.05, 0.1) is 11.3 Å². The van der Waals surface area contributed by atoms with Gasteiger partial charge in [-0.2, -0.15) is 0 Å². The molecule has 0 aromatic heterocycles. The average Bonchev–Trinajstić information content (AvgIpc) is 2.84. The van der Waals surface area contributed by atoms with Gasteiger partial charge in [0.15, 0.2) is 0 Å².